The number of rotatable bonds is 17. The summed E-state index contributed by atoms with van der Waals surface area (Å²) >= 11 is 0. The van der Waals surface area contributed by atoms with E-state index in [0.29, 0.717) is 52.2 Å². The van der Waals surface area contributed by atoms with Gasteiger partial charge in [0.05, 0.1) is 13.2 Å². The first-order valence-electron chi connectivity index (χ1n) is 12.2. The van der Waals surface area contributed by atoms with Gasteiger partial charge in [-0.2, -0.15) is 0 Å². The molecule has 30 heavy (non-hydrogen) atoms. The number of hydrogen-bond donors (Lipinski definition) is 0. The SMILES string of the molecule is CCCCOC(=O)C(CC)(N(CC)CC)C(CC)(C(=O)OCCCC)N(CC)CC. The summed E-state index contributed by atoms with van der Waals surface area (Å²) in [6.45, 7) is 19.6. The van der Waals surface area contributed by atoms with Crippen molar-refractivity contribution in [3.05, 3.63) is 0 Å². The van der Waals surface area contributed by atoms with Crippen LogP contribution in [0.15, 0.2) is 0 Å². The van der Waals surface area contributed by atoms with Crippen LogP contribution in [0.5, 0.6) is 0 Å². The highest BCUT2D eigenvalue weighted by Gasteiger charge is 2.65. The Morgan fingerprint density at radius 2 is 0.900 bits per heavy atom. The quantitative estimate of drug-likeness (QED) is 0.248. The molecule has 0 aromatic rings. The third-order valence-electron chi connectivity index (χ3n) is 6.45. The van der Waals surface area contributed by atoms with Crippen molar-refractivity contribution in [2.24, 2.45) is 0 Å². The van der Waals surface area contributed by atoms with E-state index in [-0.39, 0.29) is 11.9 Å². The van der Waals surface area contributed by atoms with Crippen molar-refractivity contribution in [1.29, 1.82) is 0 Å². The Balaban J connectivity index is 6.75. The van der Waals surface area contributed by atoms with Crippen LogP contribution in [0, 0.1) is 0 Å². The van der Waals surface area contributed by atoms with E-state index in [1.54, 1.807) is 0 Å². The van der Waals surface area contributed by atoms with Crippen LogP contribution in [0.2, 0.25) is 0 Å². The maximum absolute atomic E-state index is 13.8. The van der Waals surface area contributed by atoms with Gasteiger partial charge in [0.25, 0.3) is 0 Å². The number of unbranched alkanes of at least 4 members (excludes halogenated alkanes) is 2. The molecule has 0 N–H and O–H groups in total. The molecule has 0 bridgehead atoms. The molecule has 0 aromatic heterocycles. The second-order valence-corrected chi connectivity index (χ2v) is 7.75. The lowest BCUT2D eigenvalue weighted by Crippen LogP contribution is -2.77. The smallest absolute Gasteiger partial charge is 0.329 e. The van der Waals surface area contributed by atoms with Gasteiger partial charge in [-0.3, -0.25) is 9.80 Å². The highest BCUT2D eigenvalue weighted by molar-refractivity contribution is 5.95. The monoisotopic (exact) mass is 428 g/mol. The maximum atomic E-state index is 13.8. The summed E-state index contributed by atoms with van der Waals surface area (Å²) < 4.78 is 11.7. The minimum atomic E-state index is -1.10. The van der Waals surface area contributed by atoms with Crippen molar-refractivity contribution < 1.29 is 19.1 Å². The van der Waals surface area contributed by atoms with Crippen molar-refractivity contribution in [2.45, 2.75) is 105 Å². The zero-order valence-electron chi connectivity index (χ0n) is 21.0. The van der Waals surface area contributed by atoms with Crippen molar-refractivity contribution >= 4 is 11.9 Å². The maximum Gasteiger partial charge on any atom is 0.329 e. The van der Waals surface area contributed by atoms with Crippen LogP contribution in [0.3, 0.4) is 0 Å². The Bertz CT molecular complexity index is 448. The number of hydrogen-bond acceptors (Lipinski definition) is 6. The second kappa shape index (κ2) is 14.8. The summed E-state index contributed by atoms with van der Waals surface area (Å²) in [6, 6.07) is 0. The summed E-state index contributed by atoms with van der Waals surface area (Å²) in [7, 11) is 0. The molecule has 6 nitrogen and oxygen atoms in total. The van der Waals surface area contributed by atoms with E-state index in [1.165, 1.54) is 0 Å². The van der Waals surface area contributed by atoms with Crippen LogP contribution in [-0.2, 0) is 19.1 Å². The van der Waals surface area contributed by atoms with Gasteiger partial charge in [-0.15, -0.1) is 0 Å². The topological polar surface area (TPSA) is 59.1 Å². The third kappa shape index (κ3) is 5.76. The van der Waals surface area contributed by atoms with Crippen LogP contribution in [-0.4, -0.2) is 72.2 Å². The molecule has 178 valence electrons. The largest absolute Gasteiger partial charge is 0.464 e. The minimum Gasteiger partial charge on any atom is -0.464 e. The van der Waals surface area contributed by atoms with Crippen LogP contribution < -0.4 is 0 Å². The van der Waals surface area contributed by atoms with E-state index in [0.717, 1.165) is 25.7 Å². The van der Waals surface area contributed by atoms with E-state index in [9.17, 15) is 9.59 Å². The summed E-state index contributed by atoms with van der Waals surface area (Å²) in [5, 5.41) is 0. The van der Waals surface area contributed by atoms with Crippen molar-refractivity contribution in [3.63, 3.8) is 0 Å². The molecule has 2 atom stereocenters. The van der Waals surface area contributed by atoms with Crippen LogP contribution in [0.4, 0.5) is 0 Å². The molecular formula is C24H48N2O4. The Hall–Kier alpha value is -1.14. The Morgan fingerprint density at radius 1 is 0.600 bits per heavy atom. The first kappa shape index (κ1) is 28.9. The number of likely N-dealkylation sites (N-methyl/N-ethyl adjacent to an activating group) is 2. The molecule has 0 radical (unpaired) electrons. The van der Waals surface area contributed by atoms with Gasteiger partial charge in [-0.25, -0.2) is 9.59 Å². The summed E-state index contributed by atoms with van der Waals surface area (Å²) in [5.74, 6) is -0.605. The van der Waals surface area contributed by atoms with E-state index in [1.807, 2.05) is 41.5 Å². The number of nitrogens with zero attached hydrogens (tertiary/aromatic N) is 2. The predicted octanol–water partition coefficient (Wildman–Crippen LogP) is 4.65. The zero-order chi connectivity index (χ0) is 23.2. The number of carbonyl (C=O) groups excluding carboxylic acids is 2. The van der Waals surface area contributed by atoms with Crippen LogP contribution in [0.1, 0.15) is 93.9 Å². The molecule has 6 heteroatoms. The van der Waals surface area contributed by atoms with Crippen LogP contribution in [0.25, 0.3) is 0 Å². The molecule has 0 heterocycles. The number of ether oxygens (including phenoxy) is 2. The molecule has 0 aromatic carbocycles. The Labute approximate surface area is 185 Å². The van der Waals surface area contributed by atoms with E-state index < -0.39 is 11.1 Å². The zero-order valence-corrected chi connectivity index (χ0v) is 21.0. The molecule has 0 aliphatic rings. The van der Waals surface area contributed by atoms with Gasteiger partial charge >= 0.3 is 11.9 Å². The van der Waals surface area contributed by atoms with E-state index >= 15 is 0 Å². The van der Waals surface area contributed by atoms with Gasteiger partial charge in [0, 0.05) is 0 Å². The lowest BCUT2D eigenvalue weighted by Gasteiger charge is -2.55. The van der Waals surface area contributed by atoms with Gasteiger partial charge < -0.3 is 9.47 Å². The molecule has 0 rings (SSSR count). The summed E-state index contributed by atoms with van der Waals surface area (Å²) in [6.07, 6.45) is 4.49. The second-order valence-electron chi connectivity index (χ2n) is 7.75. The first-order chi connectivity index (χ1) is 14.4. The fourth-order valence-corrected chi connectivity index (χ4v) is 4.82. The fraction of sp³-hybridized carbons (Fsp3) is 0.917. The summed E-state index contributed by atoms with van der Waals surface area (Å²) in [4.78, 5) is 31.8. The van der Waals surface area contributed by atoms with Gasteiger partial charge in [0.1, 0.15) is 11.1 Å². The number of esters is 2. The Morgan fingerprint density at radius 3 is 1.10 bits per heavy atom. The normalized spacial score (nSPS) is 15.7. The molecule has 0 spiro atoms. The molecule has 0 fully saturated rings. The molecule has 0 aliphatic heterocycles. The lowest BCUT2D eigenvalue weighted by molar-refractivity contribution is -0.191. The predicted molar refractivity (Wildman–Crippen MR) is 124 cm³/mol. The van der Waals surface area contributed by atoms with Gasteiger partial charge in [-0.1, -0.05) is 68.2 Å². The molecule has 0 amide bonds. The van der Waals surface area contributed by atoms with Crippen molar-refractivity contribution in [1.82, 2.24) is 9.80 Å². The van der Waals surface area contributed by atoms with Crippen LogP contribution >= 0.6 is 0 Å². The average molecular weight is 429 g/mol. The van der Waals surface area contributed by atoms with E-state index in [4.69, 9.17) is 9.47 Å². The molecular weight excluding hydrogens is 380 g/mol. The van der Waals surface area contributed by atoms with Gasteiger partial charge in [-0.05, 0) is 51.9 Å². The number of carbonyl (C=O) groups is 2. The third-order valence-corrected chi connectivity index (χ3v) is 6.45. The van der Waals surface area contributed by atoms with E-state index in [2.05, 4.69) is 23.6 Å². The van der Waals surface area contributed by atoms with Gasteiger partial charge in [0.15, 0.2) is 0 Å². The molecule has 2 unspecified atom stereocenters. The highest BCUT2D eigenvalue weighted by atomic mass is 16.5. The average Bonchev–Trinajstić information content (AvgIpc) is 2.76. The Kier molecular flexibility index (Phi) is 14.2. The molecule has 0 saturated carbocycles. The van der Waals surface area contributed by atoms with Gasteiger partial charge in [0.2, 0.25) is 0 Å². The lowest BCUT2D eigenvalue weighted by atomic mass is 9.69. The molecule has 0 aliphatic carbocycles. The minimum absolute atomic E-state index is 0.302. The van der Waals surface area contributed by atoms with Crippen molar-refractivity contribution in [2.75, 3.05) is 39.4 Å². The standard InChI is InChI=1S/C24H48N2O4/c1-9-17-19-29-21(27)23(11-3,25(13-5)14-6)24(12-4,26(15-7)16-8)22(28)30-20-18-10-2/h9-20H2,1-8H3. The van der Waals surface area contributed by atoms with Crippen molar-refractivity contribution in [3.8, 4) is 0 Å². The molecule has 0 saturated heterocycles. The highest BCUT2D eigenvalue weighted by Crippen LogP contribution is 2.42. The summed E-state index contributed by atoms with van der Waals surface area (Å²) in [5.41, 5.74) is -2.21. The fourth-order valence-electron chi connectivity index (χ4n) is 4.82. The first-order valence-corrected chi connectivity index (χ1v) is 12.2.